The number of urea groups is 1. The highest BCUT2D eigenvalue weighted by Gasteiger charge is 2.15. The summed E-state index contributed by atoms with van der Waals surface area (Å²) in [6, 6.07) is 2.16. The smallest absolute Gasteiger partial charge is 0.337 e. The first-order chi connectivity index (χ1) is 6.91. The van der Waals surface area contributed by atoms with Gasteiger partial charge in [-0.15, -0.1) is 0 Å². The van der Waals surface area contributed by atoms with Crippen LogP contribution in [0.3, 0.4) is 0 Å². The van der Waals surface area contributed by atoms with Gasteiger partial charge in [0.2, 0.25) is 0 Å². The van der Waals surface area contributed by atoms with Crippen molar-refractivity contribution in [1.29, 1.82) is 0 Å². The lowest BCUT2D eigenvalue weighted by atomic mass is 10.2. The van der Waals surface area contributed by atoms with Crippen molar-refractivity contribution in [3.05, 3.63) is 26.6 Å². The second kappa shape index (κ2) is 4.63. The molecule has 2 amide bonds. The van der Waals surface area contributed by atoms with Crippen LogP contribution < -0.4 is 11.1 Å². The summed E-state index contributed by atoms with van der Waals surface area (Å²) in [5, 5.41) is 11.1. The minimum absolute atomic E-state index is 0.0462. The van der Waals surface area contributed by atoms with Crippen molar-refractivity contribution in [3.63, 3.8) is 0 Å². The summed E-state index contributed by atoms with van der Waals surface area (Å²) in [5.74, 6) is -1.15. The largest absolute Gasteiger partial charge is 0.478 e. The maximum atomic E-state index is 10.9. The van der Waals surface area contributed by atoms with Crippen LogP contribution in [0.25, 0.3) is 0 Å². The fraction of sp³-hybridized carbons (Fsp3) is 0. The first kappa shape index (κ1) is 12.0. The van der Waals surface area contributed by atoms with Gasteiger partial charge in [0.15, 0.2) is 0 Å². The van der Waals surface area contributed by atoms with Gasteiger partial charge in [-0.3, -0.25) is 0 Å². The van der Waals surface area contributed by atoms with Gasteiger partial charge in [-0.2, -0.15) is 0 Å². The fourth-order valence-electron chi connectivity index (χ4n) is 0.993. The van der Waals surface area contributed by atoms with E-state index in [1.807, 2.05) is 0 Å². The Balaban J connectivity index is 3.33. The van der Waals surface area contributed by atoms with E-state index in [2.05, 4.69) is 37.2 Å². The summed E-state index contributed by atoms with van der Waals surface area (Å²) >= 11 is 6.28. The van der Waals surface area contributed by atoms with E-state index in [0.29, 0.717) is 8.95 Å². The molecule has 1 aromatic carbocycles. The van der Waals surface area contributed by atoms with Crippen LogP contribution in [0.5, 0.6) is 0 Å². The molecule has 15 heavy (non-hydrogen) atoms. The van der Waals surface area contributed by atoms with E-state index in [1.165, 1.54) is 6.07 Å². The summed E-state index contributed by atoms with van der Waals surface area (Å²) in [6.07, 6.45) is 0. The predicted octanol–water partition coefficient (Wildman–Crippen LogP) is 2.40. The average molecular weight is 338 g/mol. The quantitative estimate of drug-likeness (QED) is 0.773. The Morgan fingerprint density at radius 3 is 2.40 bits per heavy atom. The highest BCUT2D eigenvalue weighted by Crippen LogP contribution is 2.30. The van der Waals surface area contributed by atoms with E-state index in [1.54, 1.807) is 6.07 Å². The molecule has 80 valence electrons. The lowest BCUT2D eigenvalue weighted by Crippen LogP contribution is -2.21. The molecule has 0 saturated carbocycles. The number of rotatable bonds is 2. The molecule has 0 aliphatic heterocycles. The molecule has 0 unspecified atom stereocenters. The molecule has 0 heterocycles. The monoisotopic (exact) mass is 336 g/mol. The summed E-state index contributed by atoms with van der Waals surface area (Å²) in [7, 11) is 0. The molecular formula is C8H6Br2N2O3. The lowest BCUT2D eigenvalue weighted by molar-refractivity contribution is 0.0698. The van der Waals surface area contributed by atoms with Gasteiger partial charge in [0, 0.05) is 8.95 Å². The number of halogens is 2. The van der Waals surface area contributed by atoms with Crippen molar-refractivity contribution in [3.8, 4) is 0 Å². The van der Waals surface area contributed by atoms with Crippen LogP contribution in [0, 0.1) is 0 Å². The summed E-state index contributed by atoms with van der Waals surface area (Å²) in [6.45, 7) is 0. The number of carbonyl (C=O) groups excluding carboxylic acids is 1. The molecule has 4 N–H and O–H groups in total. The molecule has 5 nitrogen and oxygen atoms in total. The molecule has 0 aromatic heterocycles. The van der Waals surface area contributed by atoms with Crippen LogP contribution in [-0.4, -0.2) is 17.1 Å². The molecule has 0 aliphatic rings. The number of amides is 2. The highest BCUT2D eigenvalue weighted by molar-refractivity contribution is 9.11. The predicted molar refractivity (Wildman–Crippen MR) is 62.0 cm³/mol. The second-order valence-electron chi connectivity index (χ2n) is 2.60. The Kier molecular flexibility index (Phi) is 3.70. The van der Waals surface area contributed by atoms with E-state index >= 15 is 0 Å². The number of benzene rings is 1. The summed E-state index contributed by atoms with van der Waals surface area (Å²) < 4.78 is 1.02. The van der Waals surface area contributed by atoms with Crippen molar-refractivity contribution in [2.24, 2.45) is 5.73 Å². The number of hydrogen-bond acceptors (Lipinski definition) is 2. The van der Waals surface area contributed by atoms with E-state index in [4.69, 9.17) is 10.8 Å². The summed E-state index contributed by atoms with van der Waals surface area (Å²) in [4.78, 5) is 21.5. The highest BCUT2D eigenvalue weighted by atomic mass is 79.9. The Hall–Kier alpha value is -1.08. The number of aromatic carboxylic acids is 1. The van der Waals surface area contributed by atoms with Gasteiger partial charge in [0.25, 0.3) is 0 Å². The topological polar surface area (TPSA) is 92.4 Å². The fourth-order valence-corrected chi connectivity index (χ4v) is 2.32. The molecule has 0 bridgehead atoms. The van der Waals surface area contributed by atoms with Gasteiger partial charge in [-0.25, -0.2) is 9.59 Å². The Labute approximate surface area is 102 Å². The number of nitrogens with one attached hydrogen (secondary N) is 1. The van der Waals surface area contributed by atoms with Crippen LogP contribution in [0.15, 0.2) is 21.1 Å². The van der Waals surface area contributed by atoms with Crippen molar-refractivity contribution in [2.75, 3.05) is 5.32 Å². The van der Waals surface area contributed by atoms with Crippen molar-refractivity contribution < 1.29 is 14.7 Å². The number of carbonyl (C=O) groups is 2. The van der Waals surface area contributed by atoms with Crippen LogP contribution in [0.4, 0.5) is 10.5 Å². The Morgan fingerprint density at radius 1 is 1.33 bits per heavy atom. The van der Waals surface area contributed by atoms with Crippen molar-refractivity contribution in [2.45, 2.75) is 0 Å². The van der Waals surface area contributed by atoms with E-state index in [0.717, 1.165) is 0 Å². The minimum Gasteiger partial charge on any atom is -0.478 e. The number of hydrogen-bond donors (Lipinski definition) is 3. The van der Waals surface area contributed by atoms with Crippen molar-refractivity contribution in [1.82, 2.24) is 0 Å². The third kappa shape index (κ3) is 2.93. The van der Waals surface area contributed by atoms with Crippen LogP contribution in [-0.2, 0) is 0 Å². The van der Waals surface area contributed by atoms with E-state index in [9.17, 15) is 9.59 Å². The number of primary amides is 1. The number of carboxylic acids is 1. The normalized spacial score (nSPS) is 9.73. The SMILES string of the molecule is NC(=O)Nc1c(Br)cc(Br)cc1C(=O)O. The number of nitrogens with two attached hydrogens (primary N) is 1. The average Bonchev–Trinajstić information content (AvgIpc) is 2.08. The van der Waals surface area contributed by atoms with Gasteiger partial charge in [-0.1, -0.05) is 15.9 Å². The molecule has 1 aromatic rings. The van der Waals surface area contributed by atoms with Crippen LogP contribution in [0.2, 0.25) is 0 Å². The van der Waals surface area contributed by atoms with Crippen molar-refractivity contribution >= 4 is 49.5 Å². The van der Waals surface area contributed by atoms with Gasteiger partial charge < -0.3 is 16.2 Å². The lowest BCUT2D eigenvalue weighted by Gasteiger charge is -2.09. The first-order valence-corrected chi connectivity index (χ1v) is 5.29. The second-order valence-corrected chi connectivity index (χ2v) is 4.37. The van der Waals surface area contributed by atoms with Crippen LogP contribution >= 0.6 is 31.9 Å². The zero-order valence-corrected chi connectivity index (χ0v) is 10.4. The third-order valence-corrected chi connectivity index (χ3v) is 2.62. The zero-order chi connectivity index (χ0) is 11.6. The molecular weight excluding hydrogens is 332 g/mol. The minimum atomic E-state index is -1.15. The maximum Gasteiger partial charge on any atom is 0.337 e. The molecule has 7 heteroatoms. The Bertz CT molecular complexity index is 434. The van der Waals surface area contributed by atoms with Crippen LogP contribution in [0.1, 0.15) is 10.4 Å². The maximum absolute atomic E-state index is 10.9. The first-order valence-electron chi connectivity index (χ1n) is 3.70. The van der Waals surface area contributed by atoms with Gasteiger partial charge >= 0.3 is 12.0 Å². The summed E-state index contributed by atoms with van der Waals surface area (Å²) in [5.41, 5.74) is 5.02. The zero-order valence-electron chi connectivity index (χ0n) is 7.25. The third-order valence-electron chi connectivity index (χ3n) is 1.53. The van der Waals surface area contributed by atoms with E-state index in [-0.39, 0.29) is 11.3 Å². The standard InChI is InChI=1S/C8H6Br2N2O3/c9-3-1-4(7(13)14)6(5(10)2-3)12-8(11)15/h1-2H,(H,13,14)(H3,11,12,15). The molecule has 0 spiro atoms. The molecule has 1 rings (SSSR count). The Morgan fingerprint density at radius 2 is 1.93 bits per heavy atom. The van der Waals surface area contributed by atoms with Gasteiger partial charge in [0.05, 0.1) is 11.3 Å². The molecule has 0 radical (unpaired) electrons. The van der Waals surface area contributed by atoms with E-state index < -0.39 is 12.0 Å². The molecule has 0 fully saturated rings. The molecule has 0 atom stereocenters. The molecule has 0 saturated heterocycles. The van der Waals surface area contributed by atoms with Gasteiger partial charge in [-0.05, 0) is 28.1 Å². The number of carboxylic acid groups (broad SMARTS) is 1. The van der Waals surface area contributed by atoms with Gasteiger partial charge in [0.1, 0.15) is 0 Å². The molecule has 0 aliphatic carbocycles. The number of anilines is 1.